The molecule has 0 bridgehead atoms. The second-order valence-corrected chi connectivity index (χ2v) is 2.56. The molecule has 0 aromatic rings. The van der Waals surface area contributed by atoms with Crippen LogP contribution in [0.4, 0.5) is 0 Å². The van der Waals surface area contributed by atoms with Gasteiger partial charge in [0.25, 0.3) is 0 Å². The average Bonchev–Trinajstić information content (AvgIpc) is 1.67. The Hall–Kier alpha value is -0.440. The van der Waals surface area contributed by atoms with Crippen LogP contribution in [0.25, 0.3) is 4.85 Å². The van der Waals surface area contributed by atoms with Gasteiger partial charge in [-0.3, -0.25) is 4.85 Å². The molecule has 0 atom stereocenters. The molecule has 0 heterocycles. The van der Waals surface area contributed by atoms with E-state index in [0.717, 1.165) is 0 Å². The van der Waals surface area contributed by atoms with Crippen LogP contribution in [0.5, 0.6) is 0 Å². The van der Waals surface area contributed by atoms with Crippen molar-refractivity contribution in [2.45, 2.75) is 10.9 Å². The molecule has 0 fully saturated rings. The summed E-state index contributed by atoms with van der Waals surface area (Å²) in [5, 5.41) is 7.97. The molecule has 0 aliphatic heterocycles. The van der Waals surface area contributed by atoms with Crippen LogP contribution in [0.2, 0.25) is 0 Å². The highest BCUT2D eigenvalue weighted by Crippen LogP contribution is 2.25. The van der Waals surface area contributed by atoms with Gasteiger partial charge in [0.05, 0.1) is 6.07 Å². The van der Waals surface area contributed by atoms with Gasteiger partial charge in [-0.15, -0.1) is 0 Å². The normalized spacial score (nSPS) is 9.50. The van der Waals surface area contributed by atoms with Crippen LogP contribution < -0.4 is 0 Å². The Morgan fingerprint density at radius 1 is 1.75 bits per heavy atom. The van der Waals surface area contributed by atoms with E-state index in [0.29, 0.717) is 0 Å². The third-order valence-electron chi connectivity index (χ3n) is 0.455. The highest BCUT2D eigenvalue weighted by atomic mass is 35.5. The molecular formula is C4H2Cl2N2. The summed E-state index contributed by atoms with van der Waals surface area (Å²) in [7, 11) is 0. The highest BCUT2D eigenvalue weighted by Gasteiger charge is 2.29. The van der Waals surface area contributed by atoms with Crippen molar-refractivity contribution in [2.75, 3.05) is 0 Å². The molecule has 0 N–H and O–H groups in total. The largest absolute Gasteiger partial charge is 0.395 e. The van der Waals surface area contributed by atoms with Gasteiger partial charge in [-0.2, -0.15) is 5.26 Å². The van der Waals surface area contributed by atoms with Crippen LogP contribution in [0.1, 0.15) is 6.42 Å². The topological polar surface area (TPSA) is 28.1 Å². The molecule has 42 valence electrons. The molecule has 2 nitrogen and oxygen atoms in total. The molecule has 0 aromatic carbocycles. The predicted molar refractivity (Wildman–Crippen MR) is 31.3 cm³/mol. The average molecular weight is 149 g/mol. The summed E-state index contributed by atoms with van der Waals surface area (Å²) >= 11 is 10.4. The molecular weight excluding hydrogens is 147 g/mol. The summed E-state index contributed by atoms with van der Waals surface area (Å²) < 4.78 is -1.53. The minimum Gasteiger partial charge on any atom is -0.275 e. The Labute approximate surface area is 57.4 Å². The minimum absolute atomic E-state index is 0.153. The van der Waals surface area contributed by atoms with Crippen LogP contribution in [0, 0.1) is 17.9 Å². The van der Waals surface area contributed by atoms with E-state index in [1.807, 2.05) is 0 Å². The maximum atomic E-state index is 7.97. The Kier molecular flexibility index (Phi) is 2.62. The fourth-order valence-corrected chi connectivity index (χ4v) is 0.254. The van der Waals surface area contributed by atoms with Crippen molar-refractivity contribution in [1.29, 1.82) is 5.26 Å². The molecule has 0 aliphatic carbocycles. The molecule has 0 spiro atoms. The van der Waals surface area contributed by atoms with E-state index >= 15 is 0 Å². The summed E-state index contributed by atoms with van der Waals surface area (Å²) in [5.74, 6) is 0. The van der Waals surface area contributed by atoms with Gasteiger partial charge in [0.2, 0.25) is 0 Å². The molecule has 0 unspecified atom stereocenters. The van der Waals surface area contributed by atoms with Crippen molar-refractivity contribution in [1.82, 2.24) is 0 Å². The Bertz CT molecular complexity index is 150. The maximum Gasteiger partial charge on any atom is 0.395 e. The number of halogens is 2. The van der Waals surface area contributed by atoms with E-state index in [4.69, 9.17) is 35.0 Å². The third kappa shape index (κ3) is 2.69. The lowest BCUT2D eigenvalue weighted by atomic mass is 10.5. The second-order valence-electron chi connectivity index (χ2n) is 1.11. The smallest absolute Gasteiger partial charge is 0.275 e. The number of nitriles is 1. The van der Waals surface area contributed by atoms with E-state index in [9.17, 15) is 0 Å². The Morgan fingerprint density at radius 3 is 2.38 bits per heavy atom. The zero-order valence-electron chi connectivity index (χ0n) is 3.86. The van der Waals surface area contributed by atoms with Gasteiger partial charge >= 0.3 is 4.46 Å². The van der Waals surface area contributed by atoms with Crippen LogP contribution in [0.3, 0.4) is 0 Å². The summed E-state index contributed by atoms with van der Waals surface area (Å²) in [6, 6.07) is 1.68. The number of hydrogen-bond donors (Lipinski definition) is 0. The van der Waals surface area contributed by atoms with Gasteiger partial charge in [0.1, 0.15) is 6.42 Å². The molecule has 8 heavy (non-hydrogen) atoms. The fraction of sp³-hybridized carbons (Fsp3) is 0.500. The molecule has 0 saturated heterocycles. The zero-order chi connectivity index (χ0) is 6.62. The summed E-state index contributed by atoms with van der Waals surface area (Å²) in [6.07, 6.45) is -0.153. The number of hydrogen-bond acceptors (Lipinski definition) is 1. The van der Waals surface area contributed by atoms with Gasteiger partial charge in [-0.25, -0.2) is 6.57 Å². The van der Waals surface area contributed by atoms with Crippen molar-refractivity contribution < 1.29 is 0 Å². The molecule has 0 amide bonds. The van der Waals surface area contributed by atoms with Gasteiger partial charge in [-0.1, -0.05) is 0 Å². The first-order chi connectivity index (χ1) is 3.62. The summed E-state index contributed by atoms with van der Waals surface area (Å²) in [6.45, 7) is 6.32. The van der Waals surface area contributed by atoms with Crippen LogP contribution in [0.15, 0.2) is 0 Å². The predicted octanol–water partition coefficient (Wildman–Crippen LogP) is 1.95. The SMILES string of the molecule is [C-]#[N+]C(Cl)(Cl)CC#N. The molecule has 0 radical (unpaired) electrons. The van der Waals surface area contributed by atoms with Crippen molar-refractivity contribution in [2.24, 2.45) is 0 Å². The lowest BCUT2D eigenvalue weighted by Crippen LogP contribution is -2.02. The van der Waals surface area contributed by atoms with Crippen molar-refractivity contribution in [3.63, 3.8) is 0 Å². The summed E-state index contributed by atoms with van der Waals surface area (Å²) in [4.78, 5) is 2.77. The van der Waals surface area contributed by atoms with E-state index in [1.165, 1.54) is 0 Å². The second kappa shape index (κ2) is 2.77. The third-order valence-corrected chi connectivity index (χ3v) is 0.892. The van der Waals surface area contributed by atoms with E-state index in [2.05, 4.69) is 4.85 Å². The quantitative estimate of drug-likeness (QED) is 0.318. The zero-order valence-corrected chi connectivity index (χ0v) is 5.37. The van der Waals surface area contributed by atoms with Crippen molar-refractivity contribution >= 4 is 23.2 Å². The van der Waals surface area contributed by atoms with Gasteiger partial charge < -0.3 is 0 Å². The molecule has 0 saturated carbocycles. The maximum absolute atomic E-state index is 7.97. The first-order valence-electron chi connectivity index (χ1n) is 1.76. The molecule has 0 aromatic heterocycles. The lowest BCUT2D eigenvalue weighted by Gasteiger charge is -1.95. The minimum atomic E-state index is -1.53. The number of nitrogens with zero attached hydrogens (tertiary/aromatic N) is 2. The highest BCUT2D eigenvalue weighted by molar-refractivity contribution is 6.49. The monoisotopic (exact) mass is 148 g/mol. The van der Waals surface area contributed by atoms with E-state index in [1.54, 1.807) is 6.07 Å². The first-order valence-corrected chi connectivity index (χ1v) is 2.51. The Morgan fingerprint density at radius 2 is 2.25 bits per heavy atom. The van der Waals surface area contributed by atoms with Gasteiger partial charge in [0.15, 0.2) is 0 Å². The van der Waals surface area contributed by atoms with Crippen LogP contribution in [-0.4, -0.2) is 4.46 Å². The lowest BCUT2D eigenvalue weighted by molar-refractivity contribution is 0.980. The number of rotatable bonds is 1. The van der Waals surface area contributed by atoms with Crippen molar-refractivity contribution in [3.8, 4) is 6.07 Å². The molecule has 4 heteroatoms. The van der Waals surface area contributed by atoms with Crippen molar-refractivity contribution in [3.05, 3.63) is 11.4 Å². The standard InChI is InChI=1S/C4H2Cl2N2/c1-8-4(5,6)2-3-7/h2H2. The molecule has 0 rings (SSSR count). The Balaban J connectivity index is 3.82. The summed E-state index contributed by atoms with van der Waals surface area (Å²) in [5.41, 5.74) is 0. The van der Waals surface area contributed by atoms with Crippen LogP contribution in [-0.2, 0) is 0 Å². The van der Waals surface area contributed by atoms with Gasteiger partial charge in [-0.05, 0) is 23.2 Å². The molecule has 0 aliphatic rings. The van der Waals surface area contributed by atoms with E-state index < -0.39 is 4.46 Å². The first kappa shape index (κ1) is 7.56. The number of alkyl halides is 2. The van der Waals surface area contributed by atoms with Crippen LogP contribution >= 0.6 is 23.2 Å². The van der Waals surface area contributed by atoms with Gasteiger partial charge in [0, 0.05) is 0 Å². The van der Waals surface area contributed by atoms with E-state index in [-0.39, 0.29) is 6.42 Å². The fourth-order valence-electron chi connectivity index (χ4n) is 0.135.